The van der Waals surface area contributed by atoms with Crippen molar-refractivity contribution in [3.63, 3.8) is 0 Å². The van der Waals surface area contributed by atoms with Crippen LogP contribution in [0.3, 0.4) is 0 Å². The number of likely N-dealkylation sites (tertiary alicyclic amines) is 2. The number of hydrogen-bond acceptors (Lipinski definition) is 23. The lowest BCUT2D eigenvalue weighted by molar-refractivity contribution is -0.141. The minimum atomic E-state index is -5.20. The molecule has 3 aromatic heterocycles. The van der Waals surface area contributed by atoms with Gasteiger partial charge in [0.05, 0.1) is 54.0 Å². The number of phosphoric acid groups is 2. The summed E-state index contributed by atoms with van der Waals surface area (Å²) in [6.07, 6.45) is 5.00. The number of amides is 3. The molecule has 0 radical (unpaired) electrons. The highest BCUT2D eigenvalue weighted by molar-refractivity contribution is 7.61. The van der Waals surface area contributed by atoms with E-state index in [2.05, 4.69) is 55.3 Å². The minimum absolute atomic E-state index is 0.0111. The fourth-order valence-corrected chi connectivity index (χ4v) is 14.0. The van der Waals surface area contributed by atoms with Crippen molar-refractivity contribution in [1.29, 1.82) is 5.26 Å². The van der Waals surface area contributed by atoms with Crippen LogP contribution in [-0.4, -0.2) is 176 Å². The maximum atomic E-state index is 14.2. The molecule has 478 valence electrons. The molecule has 5 aromatic rings. The van der Waals surface area contributed by atoms with E-state index in [1.165, 1.54) is 4.90 Å². The molecule has 4 saturated heterocycles. The number of carboxylic acid groups (broad SMARTS) is 1. The van der Waals surface area contributed by atoms with Crippen molar-refractivity contribution in [2.45, 2.75) is 120 Å². The molecule has 4 aliphatic heterocycles. The third kappa shape index (κ3) is 16.5. The first kappa shape index (κ1) is 64.5. The standard InChI is InChI=1S/C58H74N12O17P2/c1-35(2)54(57(73)69-33-42(71)25-49(69)56(72)63-36(3)38-10-8-37(30-59)9-11-38)51-29-53(66-86-51)80-23-21-67-19-15-43(16-20-67)84-44-26-45(27-44)85-52-24-39(14-17-61-52)70-40-12-13-41(70)32-68(31-40)48-28-47(64-65-55(48)60)46-6-4-5-7-50(46)81-34-83-89(78,79)87-88(76,77)82-22-18-62-58(74)75/h4-11,14,17,24,28-29,35-36,40-45,49,54,62,71H,12-13,15-16,18-23,25-27,31-34H2,1-3H3,(H2,60,65)(H,63,72)(H,74,75)(H,76,77)(H,78,79)/t36-,40?,41?,42+,44-,45-,49-,54+/m0/s1. The van der Waals surface area contributed by atoms with Crippen LogP contribution in [0.1, 0.15) is 94.6 Å². The number of carbonyl (C=O) groups is 3. The van der Waals surface area contributed by atoms with E-state index >= 15 is 0 Å². The average Bonchev–Trinajstić information content (AvgIpc) is 1.74. The first-order valence-corrected chi connectivity index (χ1v) is 32.6. The Morgan fingerprint density at radius 3 is 2.30 bits per heavy atom. The van der Waals surface area contributed by atoms with Crippen LogP contribution < -0.4 is 40.4 Å². The zero-order chi connectivity index (χ0) is 63.0. The third-order valence-electron chi connectivity index (χ3n) is 16.5. The lowest BCUT2D eigenvalue weighted by Gasteiger charge is -2.43. The molecule has 5 aliphatic rings. The summed E-state index contributed by atoms with van der Waals surface area (Å²) >= 11 is 0. The Hall–Kier alpha value is -7.48. The molecule has 4 unspecified atom stereocenters. The Morgan fingerprint density at radius 1 is 0.854 bits per heavy atom. The van der Waals surface area contributed by atoms with Gasteiger partial charge in [0, 0.05) is 107 Å². The fraction of sp³-hybridized carbons (Fsp3) is 0.517. The van der Waals surface area contributed by atoms with Crippen molar-refractivity contribution < 1.29 is 80.3 Å². The molecule has 0 spiro atoms. The number of aromatic nitrogens is 4. The van der Waals surface area contributed by atoms with Gasteiger partial charge in [0.1, 0.15) is 30.4 Å². The summed E-state index contributed by atoms with van der Waals surface area (Å²) in [5, 5.41) is 46.0. The molecule has 3 amide bonds. The van der Waals surface area contributed by atoms with Crippen LogP contribution in [0.4, 0.5) is 22.0 Å². The second-order valence-corrected chi connectivity index (χ2v) is 26.1. The number of carbonyl (C=O) groups excluding carboxylic acids is 2. The van der Waals surface area contributed by atoms with Crippen LogP contribution in [0.2, 0.25) is 0 Å². The molecule has 1 saturated carbocycles. The molecule has 2 aromatic carbocycles. The highest BCUT2D eigenvalue weighted by atomic mass is 31.3. The molecular weight excluding hydrogens is 1200 g/mol. The van der Waals surface area contributed by atoms with Gasteiger partial charge in [0.15, 0.2) is 18.4 Å². The molecule has 89 heavy (non-hydrogen) atoms. The van der Waals surface area contributed by atoms with Gasteiger partial charge < -0.3 is 74.5 Å². The maximum Gasteiger partial charge on any atom is 0.484 e. The number of nitrogen functional groups attached to an aromatic ring is 1. The van der Waals surface area contributed by atoms with Crippen molar-refractivity contribution in [3.05, 3.63) is 95.9 Å². The molecular formula is C58H74N12O17P2. The number of piperidine rings is 1. The lowest BCUT2D eigenvalue weighted by atomic mass is 9.91. The Kier molecular flexibility index (Phi) is 20.7. The number of β-amino-alcohol motifs (C(OH)–C–C–N with tert-alkyl or cyclic N) is 1. The number of piperazine rings is 1. The van der Waals surface area contributed by atoms with Gasteiger partial charge in [-0.15, -0.1) is 10.2 Å². The van der Waals surface area contributed by atoms with Gasteiger partial charge in [-0.1, -0.05) is 38.1 Å². The fourth-order valence-electron chi connectivity index (χ4n) is 12.0. The van der Waals surface area contributed by atoms with Crippen molar-refractivity contribution in [1.82, 2.24) is 40.8 Å². The number of benzene rings is 2. The molecule has 5 fully saturated rings. The quantitative estimate of drug-likeness (QED) is 0.0187. The lowest BCUT2D eigenvalue weighted by Crippen LogP contribution is -2.54. The van der Waals surface area contributed by atoms with E-state index in [4.69, 9.17) is 44.1 Å². The number of para-hydroxylation sites is 1. The number of fused-ring (bicyclic) bond motifs is 2. The van der Waals surface area contributed by atoms with E-state index in [-0.39, 0.29) is 91.1 Å². The van der Waals surface area contributed by atoms with E-state index in [1.54, 1.807) is 66.9 Å². The number of anilines is 3. The molecule has 8 N–H and O–H groups in total. The maximum absolute atomic E-state index is 14.2. The average molecular weight is 1270 g/mol. The van der Waals surface area contributed by atoms with Crippen molar-refractivity contribution in [2.24, 2.45) is 5.92 Å². The van der Waals surface area contributed by atoms with Gasteiger partial charge in [-0.05, 0) is 85.6 Å². The Labute approximate surface area is 513 Å². The molecule has 10 rings (SSSR count). The summed E-state index contributed by atoms with van der Waals surface area (Å²) in [6, 6.07) is 22.1. The van der Waals surface area contributed by atoms with Gasteiger partial charge in [-0.3, -0.25) is 19.0 Å². The Bertz CT molecular complexity index is 3410. The largest absolute Gasteiger partial charge is 0.484 e. The van der Waals surface area contributed by atoms with Crippen molar-refractivity contribution >= 4 is 50.7 Å². The predicted molar refractivity (Wildman–Crippen MR) is 318 cm³/mol. The number of phosphoric ester groups is 2. The molecule has 8 atom stereocenters. The number of nitrogens with one attached hydrogen (secondary N) is 2. The van der Waals surface area contributed by atoms with Crippen LogP contribution in [0.5, 0.6) is 17.5 Å². The van der Waals surface area contributed by atoms with Gasteiger partial charge >= 0.3 is 21.7 Å². The zero-order valence-corrected chi connectivity index (χ0v) is 51.2. The summed E-state index contributed by atoms with van der Waals surface area (Å²) in [5.74, 6) is -0.145. The summed E-state index contributed by atoms with van der Waals surface area (Å²) in [5.41, 5.74) is 10.3. The highest BCUT2D eigenvalue weighted by Crippen LogP contribution is 2.60. The molecule has 1 aliphatic carbocycles. The van der Waals surface area contributed by atoms with E-state index in [1.807, 2.05) is 38.2 Å². The van der Waals surface area contributed by atoms with Crippen molar-refractivity contribution in [2.75, 3.05) is 81.4 Å². The Balaban J connectivity index is 0.640. The molecule has 2 bridgehead atoms. The number of pyridine rings is 1. The second-order valence-electron chi connectivity index (χ2n) is 23.0. The molecule has 31 heteroatoms. The second kappa shape index (κ2) is 28.6. The first-order valence-electron chi connectivity index (χ1n) is 29.6. The number of nitrogens with zero attached hydrogens (tertiary/aromatic N) is 9. The monoisotopic (exact) mass is 1270 g/mol. The molecule has 29 nitrogen and oxygen atoms in total. The number of aliphatic hydroxyl groups excluding tert-OH is 1. The topological polar surface area (TPSA) is 382 Å². The van der Waals surface area contributed by atoms with E-state index < -0.39 is 53.2 Å². The number of hydrogen-bond donors (Lipinski definition) is 7. The minimum Gasteiger partial charge on any atom is -0.474 e. The third-order valence-corrected chi connectivity index (χ3v) is 19.1. The number of ether oxygens (including phenoxy) is 4. The van der Waals surface area contributed by atoms with Crippen LogP contribution in [0.25, 0.3) is 11.3 Å². The van der Waals surface area contributed by atoms with Gasteiger partial charge in [-0.25, -0.2) is 23.4 Å². The number of nitrogens with two attached hydrogens (primary N) is 1. The summed E-state index contributed by atoms with van der Waals surface area (Å²) < 4.78 is 68.5. The van der Waals surface area contributed by atoms with Gasteiger partial charge in [0.2, 0.25) is 17.7 Å². The smallest absolute Gasteiger partial charge is 0.474 e. The normalized spacial score (nSPS) is 23.1. The number of aliphatic hydroxyl groups is 1. The summed E-state index contributed by atoms with van der Waals surface area (Å²) in [6.45, 7) is 7.71. The van der Waals surface area contributed by atoms with Crippen LogP contribution in [-0.2, 0) is 36.8 Å². The van der Waals surface area contributed by atoms with Gasteiger partial charge in [-0.2, -0.15) is 9.57 Å². The zero-order valence-electron chi connectivity index (χ0n) is 49.4. The Morgan fingerprint density at radius 2 is 1.58 bits per heavy atom. The van der Waals surface area contributed by atoms with Crippen LogP contribution in [0, 0.1) is 17.2 Å². The predicted octanol–water partition coefficient (Wildman–Crippen LogP) is 5.74. The summed E-state index contributed by atoms with van der Waals surface area (Å²) in [7, 11) is -10.3. The number of nitriles is 1. The van der Waals surface area contributed by atoms with Crippen LogP contribution in [0.15, 0.2) is 83.5 Å². The van der Waals surface area contributed by atoms with Crippen molar-refractivity contribution in [3.8, 4) is 34.8 Å². The molecule has 7 heterocycles. The van der Waals surface area contributed by atoms with Gasteiger partial charge in [0.25, 0.3) is 5.88 Å². The summed E-state index contributed by atoms with van der Waals surface area (Å²) in [4.78, 5) is 71.1. The number of rotatable bonds is 27. The van der Waals surface area contributed by atoms with E-state index in [9.17, 15) is 38.4 Å². The van der Waals surface area contributed by atoms with E-state index in [0.717, 1.165) is 62.9 Å². The SMILES string of the molecule is CC(C)[C@@H](C(=O)N1C[C@H](O)C[C@H]1C(=O)N[C@@H](C)c1ccc(C#N)cc1)c1cc(OCCN2CCC(O[C@H]3C[C@H](Oc4cc(N5C6CCC5CN(c5cc(-c7ccccc7OCOP(=O)(O)OP(=O)(O)OCCNC(=O)O)nnc5N)C6)ccn4)C3)CC2)no1. The first-order chi connectivity index (χ1) is 42.7. The van der Waals surface area contributed by atoms with E-state index in [0.29, 0.717) is 60.4 Å². The highest BCUT2D eigenvalue weighted by Gasteiger charge is 2.45. The van der Waals surface area contributed by atoms with Crippen LogP contribution >= 0.6 is 15.6 Å².